The van der Waals surface area contributed by atoms with Crippen LogP contribution < -0.4 is 10.6 Å². The van der Waals surface area contributed by atoms with Gasteiger partial charge in [-0.2, -0.15) is 0 Å². The van der Waals surface area contributed by atoms with Gasteiger partial charge in [0.1, 0.15) is 0 Å². The van der Waals surface area contributed by atoms with Crippen molar-refractivity contribution >= 4 is 34.9 Å². The SMILES string of the molecule is COC(=O)c1ccc(-n2c(C)cc([C@@H]3[C@@H](c4ccccn4)NC(=S)N3CCC(=O)Nc3cccc(C)c3)c2C)cc1. The fourth-order valence-electron chi connectivity index (χ4n) is 5.50. The van der Waals surface area contributed by atoms with Crippen LogP contribution in [0, 0.1) is 20.8 Å². The lowest BCUT2D eigenvalue weighted by molar-refractivity contribution is -0.116. The van der Waals surface area contributed by atoms with E-state index >= 15 is 0 Å². The Morgan fingerprint density at radius 3 is 2.49 bits per heavy atom. The first-order valence-electron chi connectivity index (χ1n) is 13.5. The number of carbonyl (C=O) groups is 2. The maximum atomic E-state index is 12.9. The van der Waals surface area contributed by atoms with Crippen molar-refractivity contribution in [1.29, 1.82) is 0 Å². The van der Waals surface area contributed by atoms with Crippen molar-refractivity contribution in [2.45, 2.75) is 39.3 Å². The van der Waals surface area contributed by atoms with E-state index in [1.807, 2.05) is 61.5 Å². The largest absolute Gasteiger partial charge is 0.465 e. The van der Waals surface area contributed by atoms with Crippen molar-refractivity contribution in [2.75, 3.05) is 19.0 Å². The highest BCUT2D eigenvalue weighted by atomic mass is 32.1. The summed E-state index contributed by atoms with van der Waals surface area (Å²) in [6.45, 7) is 6.57. The molecule has 3 heterocycles. The molecule has 4 aromatic rings. The number of amides is 1. The van der Waals surface area contributed by atoms with E-state index in [4.69, 9.17) is 17.0 Å². The van der Waals surface area contributed by atoms with Crippen LogP contribution in [0.4, 0.5) is 5.69 Å². The Hall–Kier alpha value is -4.50. The van der Waals surface area contributed by atoms with Crippen LogP contribution in [0.15, 0.2) is 79.0 Å². The number of ether oxygens (including phenoxy) is 1. The third-order valence-corrected chi connectivity index (χ3v) is 7.77. The number of hydrogen-bond donors (Lipinski definition) is 2. The number of thiocarbonyl (C=S) groups is 1. The van der Waals surface area contributed by atoms with Crippen LogP contribution in [0.25, 0.3) is 5.69 Å². The fourth-order valence-corrected chi connectivity index (χ4v) is 5.83. The molecule has 2 atom stereocenters. The third kappa shape index (κ3) is 5.85. The van der Waals surface area contributed by atoms with Gasteiger partial charge < -0.3 is 24.8 Å². The maximum Gasteiger partial charge on any atom is 0.337 e. The minimum absolute atomic E-state index is 0.0744. The van der Waals surface area contributed by atoms with Gasteiger partial charge >= 0.3 is 5.97 Å². The Labute approximate surface area is 245 Å². The zero-order valence-electron chi connectivity index (χ0n) is 23.5. The number of esters is 1. The van der Waals surface area contributed by atoms with Crippen LogP contribution in [0.5, 0.6) is 0 Å². The third-order valence-electron chi connectivity index (χ3n) is 7.41. The first-order valence-corrected chi connectivity index (χ1v) is 13.9. The average molecular weight is 568 g/mol. The van der Waals surface area contributed by atoms with Crippen LogP contribution in [0.1, 0.15) is 57.1 Å². The highest BCUT2D eigenvalue weighted by Gasteiger charge is 2.41. The molecule has 0 spiro atoms. The second-order valence-electron chi connectivity index (χ2n) is 10.2. The van der Waals surface area contributed by atoms with Crippen molar-refractivity contribution in [3.63, 3.8) is 0 Å². The molecule has 2 N–H and O–H groups in total. The van der Waals surface area contributed by atoms with Gasteiger partial charge in [0.25, 0.3) is 0 Å². The van der Waals surface area contributed by atoms with E-state index in [2.05, 4.69) is 45.0 Å². The Morgan fingerprint density at radius 1 is 1.02 bits per heavy atom. The van der Waals surface area contributed by atoms with E-state index in [0.29, 0.717) is 17.2 Å². The smallest absolute Gasteiger partial charge is 0.337 e. The molecule has 1 fully saturated rings. The molecule has 0 aliphatic carbocycles. The number of aryl methyl sites for hydroxylation is 2. The van der Waals surface area contributed by atoms with Gasteiger partial charge in [0.05, 0.1) is 30.5 Å². The number of methoxy groups -OCH3 is 1. The molecule has 9 heteroatoms. The number of rotatable bonds is 8. The zero-order chi connectivity index (χ0) is 29.1. The monoisotopic (exact) mass is 567 g/mol. The van der Waals surface area contributed by atoms with Crippen LogP contribution >= 0.6 is 12.2 Å². The van der Waals surface area contributed by atoms with E-state index in [-0.39, 0.29) is 30.4 Å². The highest BCUT2D eigenvalue weighted by molar-refractivity contribution is 7.80. The predicted molar refractivity (Wildman–Crippen MR) is 163 cm³/mol. The molecule has 5 rings (SSSR count). The number of pyridine rings is 1. The number of anilines is 1. The molecule has 1 saturated heterocycles. The second-order valence-corrected chi connectivity index (χ2v) is 10.6. The predicted octanol–water partition coefficient (Wildman–Crippen LogP) is 5.59. The Kier molecular flexibility index (Phi) is 8.16. The van der Waals surface area contributed by atoms with Crippen LogP contribution in [-0.2, 0) is 9.53 Å². The van der Waals surface area contributed by atoms with Gasteiger partial charge in [0.2, 0.25) is 5.91 Å². The van der Waals surface area contributed by atoms with Gasteiger partial charge in [-0.05, 0) is 98.7 Å². The van der Waals surface area contributed by atoms with Crippen molar-refractivity contribution in [3.05, 3.63) is 113 Å². The molecule has 1 aliphatic heterocycles. The van der Waals surface area contributed by atoms with E-state index in [9.17, 15) is 9.59 Å². The van der Waals surface area contributed by atoms with Crippen molar-refractivity contribution < 1.29 is 14.3 Å². The van der Waals surface area contributed by atoms with Crippen LogP contribution in [0.3, 0.4) is 0 Å². The molecule has 0 radical (unpaired) electrons. The lowest BCUT2D eigenvalue weighted by atomic mass is 9.96. The summed E-state index contributed by atoms with van der Waals surface area (Å²) in [6, 6.07) is 22.8. The van der Waals surface area contributed by atoms with Crippen LogP contribution in [-0.4, -0.2) is 45.1 Å². The summed E-state index contributed by atoms with van der Waals surface area (Å²) in [7, 11) is 1.37. The molecule has 1 aliphatic rings. The summed E-state index contributed by atoms with van der Waals surface area (Å²) in [5.74, 6) is -0.446. The summed E-state index contributed by atoms with van der Waals surface area (Å²) < 4.78 is 7.01. The number of benzene rings is 2. The zero-order valence-corrected chi connectivity index (χ0v) is 24.4. The summed E-state index contributed by atoms with van der Waals surface area (Å²) in [4.78, 5) is 31.6. The molecular formula is C32H33N5O3S. The lowest BCUT2D eigenvalue weighted by Gasteiger charge is -2.28. The maximum absolute atomic E-state index is 12.9. The average Bonchev–Trinajstić information content (AvgIpc) is 3.46. The summed E-state index contributed by atoms with van der Waals surface area (Å²) in [5.41, 5.74) is 7.34. The number of nitrogens with zero attached hydrogens (tertiary/aromatic N) is 3. The molecule has 2 aromatic heterocycles. The Morgan fingerprint density at radius 2 is 1.80 bits per heavy atom. The van der Waals surface area contributed by atoms with E-state index in [0.717, 1.165) is 39.6 Å². The second kappa shape index (κ2) is 11.9. The van der Waals surface area contributed by atoms with Gasteiger partial charge in [0, 0.05) is 41.9 Å². The molecule has 8 nitrogen and oxygen atoms in total. The summed E-state index contributed by atoms with van der Waals surface area (Å²) >= 11 is 5.82. The quantitative estimate of drug-likeness (QED) is 0.212. The van der Waals surface area contributed by atoms with Crippen molar-refractivity contribution in [2.24, 2.45) is 0 Å². The minimum atomic E-state index is -0.371. The lowest BCUT2D eigenvalue weighted by Crippen LogP contribution is -2.32. The molecule has 0 bridgehead atoms. The van der Waals surface area contributed by atoms with Gasteiger partial charge in [-0.15, -0.1) is 0 Å². The molecule has 2 aromatic carbocycles. The van der Waals surface area contributed by atoms with Crippen molar-refractivity contribution in [1.82, 2.24) is 19.8 Å². The first kappa shape index (κ1) is 28.0. The van der Waals surface area contributed by atoms with Gasteiger partial charge in [-0.25, -0.2) is 4.79 Å². The molecule has 0 unspecified atom stereocenters. The number of aromatic nitrogens is 2. The van der Waals surface area contributed by atoms with Gasteiger partial charge in [-0.1, -0.05) is 18.2 Å². The van der Waals surface area contributed by atoms with Gasteiger partial charge in [0.15, 0.2) is 5.11 Å². The topological polar surface area (TPSA) is 88.5 Å². The minimum Gasteiger partial charge on any atom is -0.465 e. The molecule has 41 heavy (non-hydrogen) atoms. The fraction of sp³-hybridized carbons (Fsp3) is 0.250. The normalized spacial score (nSPS) is 16.4. The highest BCUT2D eigenvalue weighted by Crippen LogP contribution is 2.41. The number of nitrogens with one attached hydrogen (secondary N) is 2. The molecule has 210 valence electrons. The van der Waals surface area contributed by atoms with E-state index in [1.165, 1.54) is 7.11 Å². The number of hydrogen-bond acceptors (Lipinski definition) is 5. The van der Waals surface area contributed by atoms with Crippen molar-refractivity contribution in [3.8, 4) is 5.69 Å². The molecule has 1 amide bonds. The Bertz CT molecular complexity index is 1580. The molecule has 0 saturated carbocycles. The summed E-state index contributed by atoms with van der Waals surface area (Å²) in [5, 5.41) is 7.06. The van der Waals surface area contributed by atoms with Crippen LogP contribution in [0.2, 0.25) is 0 Å². The Balaban J connectivity index is 1.46. The number of carbonyl (C=O) groups excluding carboxylic acids is 2. The summed E-state index contributed by atoms with van der Waals surface area (Å²) in [6.07, 6.45) is 2.05. The van der Waals surface area contributed by atoms with E-state index < -0.39 is 0 Å². The molecular weight excluding hydrogens is 534 g/mol. The standard InChI is InChI=1S/C32H33N5O3S/c1-20-8-7-9-24(18-20)34-28(38)15-17-36-30(29(35-32(36)41)27-10-5-6-16-33-27)26-19-21(2)37(22(26)3)25-13-11-23(12-14-25)31(39)40-4/h5-14,16,18-19,29-30H,15,17H2,1-4H3,(H,34,38)(H,35,41)/t29-,30-/m1/s1. The first-order chi connectivity index (χ1) is 19.8. The van der Waals surface area contributed by atoms with Gasteiger partial charge in [-0.3, -0.25) is 9.78 Å². The van der Waals surface area contributed by atoms with E-state index in [1.54, 1.807) is 18.3 Å².